The highest BCUT2D eigenvalue weighted by molar-refractivity contribution is 6.60. The summed E-state index contributed by atoms with van der Waals surface area (Å²) in [5.41, 5.74) is 0.962. The van der Waals surface area contributed by atoms with Crippen molar-refractivity contribution in [2.75, 3.05) is 41.0 Å². The van der Waals surface area contributed by atoms with Crippen LogP contribution in [0.4, 0.5) is 0 Å². The van der Waals surface area contributed by atoms with E-state index >= 15 is 0 Å². The zero-order valence-electron chi connectivity index (χ0n) is 18.7. The van der Waals surface area contributed by atoms with Crippen LogP contribution in [0, 0.1) is 0 Å². The third-order valence-electron chi connectivity index (χ3n) is 4.70. The number of carbonyl (C=O) groups excluding carboxylic acids is 3. The zero-order chi connectivity index (χ0) is 23.0. The summed E-state index contributed by atoms with van der Waals surface area (Å²) >= 11 is 0. The minimum Gasteiger partial charge on any atom is -0.377 e. The van der Waals surface area contributed by atoms with Gasteiger partial charge in [-0.1, -0.05) is 30.3 Å². The van der Waals surface area contributed by atoms with Gasteiger partial charge in [-0.25, -0.2) is 0 Å². The van der Waals surface area contributed by atoms with E-state index in [9.17, 15) is 14.4 Å². The molecule has 0 unspecified atom stereocenters. The summed E-state index contributed by atoms with van der Waals surface area (Å²) in [4.78, 5) is 35.5. The molecule has 0 aliphatic rings. The molecule has 1 aromatic carbocycles. The highest BCUT2D eigenvalue weighted by Gasteiger charge is 2.36. The molecule has 3 amide bonds. The average molecular weight is 454 g/mol. The lowest BCUT2D eigenvalue weighted by Gasteiger charge is -2.24. The normalized spacial score (nSPS) is 11.1. The van der Waals surface area contributed by atoms with Gasteiger partial charge in [0.15, 0.2) is 0 Å². The molecule has 0 aromatic heterocycles. The summed E-state index contributed by atoms with van der Waals surface area (Å²) in [6, 6.07) is 10.1. The average Bonchev–Trinajstić information content (AvgIpc) is 2.78. The van der Waals surface area contributed by atoms with Crippen molar-refractivity contribution in [3.63, 3.8) is 0 Å². The molecular formula is C21H35N3O6Si. The third-order valence-corrected chi connectivity index (χ3v) is 7.53. The summed E-state index contributed by atoms with van der Waals surface area (Å²) in [7, 11) is 2.04. The fourth-order valence-electron chi connectivity index (χ4n) is 2.88. The number of rotatable bonds is 16. The lowest BCUT2D eigenvalue weighted by atomic mass is 10.1. The van der Waals surface area contributed by atoms with Crippen LogP contribution in [-0.4, -0.2) is 67.5 Å². The van der Waals surface area contributed by atoms with Gasteiger partial charge in [0.05, 0.1) is 6.42 Å². The van der Waals surface area contributed by atoms with Crippen LogP contribution in [-0.2, 0) is 34.1 Å². The van der Waals surface area contributed by atoms with Crippen molar-refractivity contribution in [3.8, 4) is 0 Å². The molecule has 0 aliphatic heterocycles. The van der Waals surface area contributed by atoms with Crippen LogP contribution < -0.4 is 16.0 Å². The number of nitrogens with one attached hydrogen (secondary N) is 3. The molecule has 9 nitrogen and oxygen atoms in total. The SMILES string of the molecule is CO[Si](CCCNC(=O)CCC(=O)NCCCNC(=O)Cc1ccccc1)(OC)OC. The Kier molecular flexibility index (Phi) is 13.4. The molecule has 0 spiro atoms. The Morgan fingerprint density at radius 1 is 0.742 bits per heavy atom. The summed E-state index contributed by atoms with van der Waals surface area (Å²) in [5, 5.41) is 8.37. The maximum atomic E-state index is 11.9. The van der Waals surface area contributed by atoms with Gasteiger partial charge < -0.3 is 29.2 Å². The van der Waals surface area contributed by atoms with Crippen LogP contribution in [0.25, 0.3) is 0 Å². The Hall–Kier alpha value is -2.27. The van der Waals surface area contributed by atoms with Gasteiger partial charge in [0.25, 0.3) is 0 Å². The molecule has 3 N–H and O–H groups in total. The van der Waals surface area contributed by atoms with Gasteiger partial charge in [-0.2, -0.15) is 0 Å². The second-order valence-corrected chi connectivity index (χ2v) is 10.1. The molecule has 0 heterocycles. The van der Waals surface area contributed by atoms with E-state index in [1.165, 1.54) is 0 Å². The first-order valence-electron chi connectivity index (χ1n) is 10.4. The summed E-state index contributed by atoms with van der Waals surface area (Å²) < 4.78 is 16.0. The molecule has 0 aliphatic carbocycles. The Balaban J connectivity index is 2.04. The standard InChI is InChI=1S/C21H35N3O6Si/c1-28-31(29-2,30-3)16-8-15-23-20(26)12-11-19(25)22-13-7-14-24-21(27)17-18-9-5-4-6-10-18/h4-6,9-10H,7-8,11-17H2,1-3H3,(H,22,25)(H,23,26)(H,24,27). The van der Waals surface area contributed by atoms with Gasteiger partial charge in [-0.15, -0.1) is 0 Å². The van der Waals surface area contributed by atoms with Crippen LogP contribution in [0.1, 0.15) is 31.2 Å². The maximum absolute atomic E-state index is 11.9. The summed E-state index contributed by atoms with van der Waals surface area (Å²) in [6.07, 6.45) is 1.88. The van der Waals surface area contributed by atoms with E-state index in [4.69, 9.17) is 13.3 Å². The van der Waals surface area contributed by atoms with Crippen molar-refractivity contribution in [2.45, 2.75) is 38.1 Å². The molecule has 0 saturated heterocycles. The van der Waals surface area contributed by atoms with Gasteiger partial charge in [-0.05, 0) is 18.4 Å². The molecule has 1 aromatic rings. The van der Waals surface area contributed by atoms with E-state index in [0.717, 1.165) is 5.56 Å². The first kappa shape index (κ1) is 26.8. The second-order valence-electron chi connectivity index (χ2n) is 6.96. The molecule has 10 heteroatoms. The van der Waals surface area contributed by atoms with Crippen molar-refractivity contribution in [1.82, 2.24) is 16.0 Å². The molecule has 1 rings (SSSR count). The van der Waals surface area contributed by atoms with E-state index in [1.54, 1.807) is 21.3 Å². The van der Waals surface area contributed by atoms with Crippen molar-refractivity contribution in [3.05, 3.63) is 35.9 Å². The number of benzene rings is 1. The Labute approximate surface area is 185 Å². The molecule has 0 bridgehead atoms. The van der Waals surface area contributed by atoms with Gasteiger partial charge >= 0.3 is 8.80 Å². The quantitative estimate of drug-likeness (QED) is 0.254. The minimum atomic E-state index is -2.62. The Morgan fingerprint density at radius 2 is 1.23 bits per heavy atom. The molecule has 31 heavy (non-hydrogen) atoms. The molecule has 0 atom stereocenters. The second kappa shape index (κ2) is 15.5. The fraction of sp³-hybridized carbons (Fsp3) is 0.571. The van der Waals surface area contributed by atoms with E-state index in [0.29, 0.717) is 44.9 Å². The maximum Gasteiger partial charge on any atom is 0.500 e. The molecule has 0 fully saturated rings. The first-order chi connectivity index (χ1) is 14.9. The number of hydrogen-bond acceptors (Lipinski definition) is 6. The van der Waals surface area contributed by atoms with Crippen LogP contribution in [0.2, 0.25) is 6.04 Å². The Bertz CT molecular complexity index is 662. The minimum absolute atomic E-state index is 0.0457. The van der Waals surface area contributed by atoms with Crippen LogP contribution in [0.3, 0.4) is 0 Å². The molecule has 174 valence electrons. The number of carbonyl (C=O) groups is 3. The van der Waals surface area contributed by atoms with E-state index in [2.05, 4.69) is 16.0 Å². The molecule has 0 saturated carbocycles. The highest BCUT2D eigenvalue weighted by Crippen LogP contribution is 2.14. The topological polar surface area (TPSA) is 115 Å². The predicted molar refractivity (Wildman–Crippen MR) is 119 cm³/mol. The third kappa shape index (κ3) is 11.6. The van der Waals surface area contributed by atoms with E-state index in [1.807, 2.05) is 30.3 Å². The largest absolute Gasteiger partial charge is 0.500 e. The lowest BCUT2D eigenvalue weighted by Crippen LogP contribution is -2.43. The predicted octanol–water partition coefficient (Wildman–Crippen LogP) is 1.02. The molecular weight excluding hydrogens is 418 g/mol. The monoisotopic (exact) mass is 453 g/mol. The summed E-state index contributed by atoms with van der Waals surface area (Å²) in [6.45, 7) is 1.40. The van der Waals surface area contributed by atoms with Crippen molar-refractivity contribution < 1.29 is 27.7 Å². The highest BCUT2D eigenvalue weighted by atomic mass is 28.4. The lowest BCUT2D eigenvalue weighted by molar-refractivity contribution is -0.126. The first-order valence-corrected chi connectivity index (χ1v) is 12.4. The van der Waals surface area contributed by atoms with Crippen molar-refractivity contribution >= 4 is 26.5 Å². The van der Waals surface area contributed by atoms with Gasteiger partial charge in [0, 0.05) is 59.8 Å². The smallest absolute Gasteiger partial charge is 0.377 e. The summed E-state index contributed by atoms with van der Waals surface area (Å²) in [5.74, 6) is -0.409. The molecule has 0 radical (unpaired) electrons. The van der Waals surface area contributed by atoms with Crippen LogP contribution in [0.5, 0.6) is 0 Å². The number of amides is 3. The van der Waals surface area contributed by atoms with E-state index < -0.39 is 8.80 Å². The van der Waals surface area contributed by atoms with Gasteiger partial charge in [-0.3, -0.25) is 14.4 Å². The van der Waals surface area contributed by atoms with Crippen LogP contribution >= 0.6 is 0 Å². The van der Waals surface area contributed by atoms with Gasteiger partial charge in [0.1, 0.15) is 0 Å². The fourth-order valence-corrected chi connectivity index (χ4v) is 4.60. The number of hydrogen-bond donors (Lipinski definition) is 3. The van der Waals surface area contributed by atoms with E-state index in [-0.39, 0.29) is 30.6 Å². The Morgan fingerprint density at radius 3 is 1.74 bits per heavy atom. The zero-order valence-corrected chi connectivity index (χ0v) is 19.7. The van der Waals surface area contributed by atoms with Gasteiger partial charge in [0.2, 0.25) is 17.7 Å². The van der Waals surface area contributed by atoms with Crippen molar-refractivity contribution in [1.29, 1.82) is 0 Å². The van der Waals surface area contributed by atoms with Crippen LogP contribution in [0.15, 0.2) is 30.3 Å². The van der Waals surface area contributed by atoms with Crippen molar-refractivity contribution in [2.24, 2.45) is 0 Å².